The maximum atomic E-state index is 12.4. The summed E-state index contributed by atoms with van der Waals surface area (Å²) >= 11 is 0. The number of rotatable bonds is 7. The number of carbonyl (C=O) groups excluding carboxylic acids is 1. The van der Waals surface area contributed by atoms with Crippen LogP contribution >= 0.6 is 8.60 Å². The van der Waals surface area contributed by atoms with Crippen molar-refractivity contribution in [2.75, 3.05) is 13.2 Å². The van der Waals surface area contributed by atoms with E-state index in [1.807, 2.05) is 0 Å². The second kappa shape index (κ2) is 13.4. The van der Waals surface area contributed by atoms with Crippen LogP contribution in [-0.4, -0.2) is 29.7 Å². The molecule has 0 fully saturated rings. The number of aliphatic hydroxyl groups is 1. The molecule has 0 saturated carbocycles. The van der Waals surface area contributed by atoms with Gasteiger partial charge in [0.1, 0.15) is 29.5 Å². The molecule has 0 aromatic heterocycles. The van der Waals surface area contributed by atoms with Crippen LogP contribution in [0.3, 0.4) is 0 Å². The molecule has 3 aromatic rings. The van der Waals surface area contributed by atoms with E-state index in [2.05, 4.69) is 107 Å². The second-order valence-electron chi connectivity index (χ2n) is 17.7. The summed E-state index contributed by atoms with van der Waals surface area (Å²) in [6.45, 7) is 30.3. The molecule has 6 nitrogen and oxygen atoms in total. The first-order chi connectivity index (χ1) is 21.9. The number of ether oxygens (including phenoxy) is 1. The highest BCUT2D eigenvalue weighted by molar-refractivity contribution is 7.42. The van der Waals surface area contributed by atoms with Crippen molar-refractivity contribution in [3.05, 3.63) is 87.5 Å². The predicted molar refractivity (Wildman–Crippen MR) is 197 cm³/mol. The van der Waals surface area contributed by atoms with Gasteiger partial charge in [-0.2, -0.15) is 0 Å². The molecule has 7 heteroatoms. The predicted octanol–water partition coefficient (Wildman–Crippen LogP) is 10.5. The minimum Gasteiger partial charge on any atom is -0.491 e. The molecular weight excluding hydrogens is 619 g/mol. The molecule has 0 aliphatic carbocycles. The van der Waals surface area contributed by atoms with Crippen molar-refractivity contribution < 1.29 is 28.2 Å². The SMILES string of the molecule is CC(C)(O)C(=O)c1ccc(OCCOP2Oc3c(cc(C(C)(C)C)cc3C(C)(C)C)Cc3cc(C(C)(C)C)cc(C(C)(C)C)c3O2)cc1. The number of fused-ring (bicyclic) bond motifs is 2. The highest BCUT2D eigenvalue weighted by Gasteiger charge is 2.35. The average Bonchev–Trinajstić information content (AvgIpc) is 2.92. The summed E-state index contributed by atoms with van der Waals surface area (Å²) in [4.78, 5) is 12.4. The molecule has 1 heterocycles. The van der Waals surface area contributed by atoms with E-state index >= 15 is 0 Å². The van der Waals surface area contributed by atoms with E-state index < -0.39 is 14.2 Å². The van der Waals surface area contributed by atoms with Crippen LogP contribution in [0.25, 0.3) is 0 Å². The van der Waals surface area contributed by atoms with E-state index in [0.717, 1.165) is 33.8 Å². The first-order valence-electron chi connectivity index (χ1n) is 17.0. The van der Waals surface area contributed by atoms with Crippen LogP contribution in [0.5, 0.6) is 17.2 Å². The first-order valence-corrected chi connectivity index (χ1v) is 18.1. The van der Waals surface area contributed by atoms with Gasteiger partial charge >= 0.3 is 8.60 Å². The molecule has 3 aromatic carbocycles. The average molecular weight is 677 g/mol. The van der Waals surface area contributed by atoms with Crippen LogP contribution in [0.1, 0.15) is 141 Å². The van der Waals surface area contributed by atoms with Crippen molar-refractivity contribution in [1.29, 1.82) is 0 Å². The van der Waals surface area contributed by atoms with Gasteiger partial charge in [-0.05, 0) is 82.0 Å². The Morgan fingerprint density at radius 3 is 1.48 bits per heavy atom. The molecule has 48 heavy (non-hydrogen) atoms. The van der Waals surface area contributed by atoms with Crippen molar-refractivity contribution in [2.24, 2.45) is 0 Å². The van der Waals surface area contributed by atoms with Gasteiger partial charge in [-0.25, -0.2) is 0 Å². The molecule has 0 unspecified atom stereocenters. The van der Waals surface area contributed by atoms with E-state index in [4.69, 9.17) is 18.3 Å². The number of carbonyl (C=O) groups is 1. The summed E-state index contributed by atoms with van der Waals surface area (Å²) < 4.78 is 26.0. The lowest BCUT2D eigenvalue weighted by molar-refractivity contribution is 0.0488. The Kier molecular flexibility index (Phi) is 10.6. The molecule has 0 bridgehead atoms. The Balaban J connectivity index is 1.73. The molecule has 1 aliphatic rings. The smallest absolute Gasteiger partial charge is 0.463 e. The van der Waals surface area contributed by atoms with Crippen LogP contribution < -0.4 is 13.8 Å². The zero-order chi connectivity index (χ0) is 36.0. The molecule has 0 radical (unpaired) electrons. The van der Waals surface area contributed by atoms with Gasteiger partial charge in [-0.15, -0.1) is 0 Å². The van der Waals surface area contributed by atoms with E-state index in [0.29, 0.717) is 17.7 Å². The Labute approximate surface area is 290 Å². The topological polar surface area (TPSA) is 74.2 Å². The molecule has 0 spiro atoms. The summed E-state index contributed by atoms with van der Waals surface area (Å²) in [6.07, 6.45) is 0.683. The summed E-state index contributed by atoms with van der Waals surface area (Å²) in [5.41, 5.74) is 5.63. The van der Waals surface area contributed by atoms with Crippen molar-refractivity contribution >= 4 is 14.4 Å². The van der Waals surface area contributed by atoms with Gasteiger partial charge in [0.25, 0.3) is 0 Å². The lowest BCUT2D eigenvalue weighted by atomic mass is 9.76. The van der Waals surface area contributed by atoms with Gasteiger partial charge in [0.15, 0.2) is 5.78 Å². The lowest BCUT2D eigenvalue weighted by Crippen LogP contribution is -2.30. The van der Waals surface area contributed by atoms with Crippen molar-refractivity contribution in [1.82, 2.24) is 0 Å². The largest absolute Gasteiger partial charge is 0.491 e. The maximum Gasteiger partial charge on any atom is 0.463 e. The standard InChI is InChI=1S/C41H57O6P/c1-37(2,3)29-22-27-21-28-23-30(38(4,5)6)25-33(40(10,11)12)35(28)47-48(46-34(27)32(24-29)39(7,8)9)45-20-19-44-31-17-15-26(16-18-31)36(42)41(13,14)43/h15-18,22-25,43H,19-21H2,1-14H3. The van der Waals surface area contributed by atoms with Crippen molar-refractivity contribution in [3.8, 4) is 17.2 Å². The fourth-order valence-corrected chi connectivity index (χ4v) is 6.68. The maximum absolute atomic E-state index is 12.4. The second-order valence-corrected chi connectivity index (χ2v) is 18.8. The molecule has 0 atom stereocenters. The van der Waals surface area contributed by atoms with Crippen molar-refractivity contribution in [2.45, 2.75) is 131 Å². The quantitative estimate of drug-likeness (QED) is 0.153. The van der Waals surface area contributed by atoms with E-state index in [1.165, 1.54) is 25.0 Å². The molecule has 0 saturated heterocycles. The highest BCUT2D eigenvalue weighted by atomic mass is 31.2. The van der Waals surface area contributed by atoms with E-state index in [9.17, 15) is 9.90 Å². The van der Waals surface area contributed by atoms with Gasteiger partial charge in [0, 0.05) is 23.1 Å². The van der Waals surface area contributed by atoms with Gasteiger partial charge in [-0.1, -0.05) is 107 Å². The molecule has 4 rings (SSSR count). The minimum absolute atomic E-state index is 0.0427. The normalized spacial score (nSPS) is 14.6. The highest BCUT2D eigenvalue weighted by Crippen LogP contribution is 2.53. The molecule has 1 N–H and O–H groups in total. The number of Topliss-reactive ketones (excluding diaryl/α,β-unsaturated/α-hetero) is 1. The third-order valence-electron chi connectivity index (χ3n) is 8.61. The van der Waals surface area contributed by atoms with Crippen LogP contribution in [0.2, 0.25) is 0 Å². The summed E-state index contributed by atoms with van der Waals surface area (Å²) in [7, 11) is -1.85. The van der Waals surface area contributed by atoms with Crippen LogP contribution in [0.15, 0.2) is 48.5 Å². The lowest BCUT2D eigenvalue weighted by Gasteiger charge is -2.34. The zero-order valence-corrected chi connectivity index (χ0v) is 32.6. The molecule has 262 valence electrons. The summed E-state index contributed by atoms with van der Waals surface area (Å²) in [5, 5.41) is 10.1. The number of benzene rings is 3. The van der Waals surface area contributed by atoms with Gasteiger partial charge < -0.3 is 18.9 Å². The van der Waals surface area contributed by atoms with Crippen LogP contribution in [0.4, 0.5) is 0 Å². The fraction of sp³-hybridized carbons (Fsp3) is 0.537. The van der Waals surface area contributed by atoms with Gasteiger partial charge in [-0.3, -0.25) is 9.32 Å². The van der Waals surface area contributed by atoms with E-state index in [-0.39, 0.29) is 40.7 Å². The third kappa shape index (κ3) is 9.00. The van der Waals surface area contributed by atoms with Crippen LogP contribution in [-0.2, 0) is 32.6 Å². The summed E-state index contributed by atoms with van der Waals surface area (Å²) in [6, 6.07) is 16.0. The van der Waals surface area contributed by atoms with Crippen LogP contribution in [0, 0.1) is 0 Å². The minimum atomic E-state index is -1.85. The Bertz CT molecular complexity index is 1540. The fourth-order valence-electron chi connectivity index (χ4n) is 5.59. The molecule has 1 aliphatic heterocycles. The Morgan fingerprint density at radius 2 is 1.10 bits per heavy atom. The summed E-state index contributed by atoms with van der Waals surface area (Å²) in [5.74, 6) is 1.92. The molecule has 0 amide bonds. The van der Waals surface area contributed by atoms with Gasteiger partial charge in [0.05, 0.1) is 6.61 Å². The van der Waals surface area contributed by atoms with Crippen molar-refractivity contribution in [3.63, 3.8) is 0 Å². The Morgan fingerprint density at radius 1 is 0.667 bits per heavy atom. The van der Waals surface area contributed by atoms with Gasteiger partial charge in [0.2, 0.25) is 0 Å². The number of ketones is 1. The third-order valence-corrected chi connectivity index (χ3v) is 9.67. The first kappa shape index (κ1) is 37.9. The zero-order valence-electron chi connectivity index (χ0n) is 31.7. The number of hydrogen-bond donors (Lipinski definition) is 1. The monoisotopic (exact) mass is 676 g/mol. The van der Waals surface area contributed by atoms with E-state index in [1.54, 1.807) is 24.3 Å². The molecular formula is C41H57O6P. The number of hydrogen-bond acceptors (Lipinski definition) is 6. The Hall–Kier alpha value is -2.92.